The molecule has 86 valence electrons. The maximum Gasteiger partial charge on any atom is 0.248 e. The minimum atomic E-state index is 0.120. The second-order valence-electron chi connectivity index (χ2n) is 4.74. The van der Waals surface area contributed by atoms with Crippen molar-refractivity contribution >= 4 is 5.91 Å². The molecule has 4 nitrogen and oxygen atoms in total. The van der Waals surface area contributed by atoms with Crippen LogP contribution in [0, 0.1) is 11.3 Å². The molecule has 2 aliphatic rings. The van der Waals surface area contributed by atoms with E-state index in [2.05, 4.69) is 0 Å². The van der Waals surface area contributed by atoms with Crippen LogP contribution in [0.4, 0.5) is 0 Å². The van der Waals surface area contributed by atoms with Crippen LogP contribution in [0.15, 0.2) is 0 Å². The van der Waals surface area contributed by atoms with Crippen molar-refractivity contribution < 1.29 is 14.4 Å². The molecule has 1 aliphatic heterocycles. The van der Waals surface area contributed by atoms with Crippen molar-refractivity contribution in [1.29, 1.82) is 0 Å². The molecule has 0 atom stereocenters. The third kappa shape index (κ3) is 2.01. The van der Waals surface area contributed by atoms with Gasteiger partial charge in [0.25, 0.3) is 0 Å². The van der Waals surface area contributed by atoms with Crippen molar-refractivity contribution in [2.45, 2.75) is 25.7 Å². The van der Waals surface area contributed by atoms with Gasteiger partial charge in [-0.1, -0.05) is 0 Å². The summed E-state index contributed by atoms with van der Waals surface area (Å²) in [5.41, 5.74) is 0.410. The van der Waals surface area contributed by atoms with Gasteiger partial charge in [-0.25, -0.2) is 5.06 Å². The highest BCUT2D eigenvalue weighted by Crippen LogP contribution is 2.52. The Morgan fingerprint density at radius 2 is 2.00 bits per heavy atom. The Bertz CT molecular complexity index is 240. The minimum absolute atomic E-state index is 0.120. The van der Waals surface area contributed by atoms with Crippen LogP contribution >= 0.6 is 0 Å². The summed E-state index contributed by atoms with van der Waals surface area (Å²) in [5.74, 6) is 0.294. The third-order valence-electron chi connectivity index (χ3n) is 3.85. The lowest BCUT2D eigenvalue weighted by Gasteiger charge is -2.49. The first kappa shape index (κ1) is 10.9. The van der Waals surface area contributed by atoms with Crippen molar-refractivity contribution in [1.82, 2.24) is 5.06 Å². The number of nitrogens with zero attached hydrogens (tertiary/aromatic N) is 1. The molecule has 1 heterocycles. The summed E-state index contributed by atoms with van der Waals surface area (Å²) >= 11 is 0. The number of ether oxygens (including phenoxy) is 1. The van der Waals surface area contributed by atoms with Crippen LogP contribution < -0.4 is 0 Å². The molecule has 0 aromatic carbocycles. The van der Waals surface area contributed by atoms with E-state index < -0.39 is 0 Å². The van der Waals surface area contributed by atoms with Crippen LogP contribution in [-0.2, 0) is 14.4 Å². The van der Waals surface area contributed by atoms with Gasteiger partial charge in [-0.15, -0.1) is 0 Å². The Morgan fingerprint density at radius 1 is 1.40 bits per heavy atom. The Morgan fingerprint density at radius 3 is 2.53 bits per heavy atom. The lowest BCUT2D eigenvalue weighted by atomic mass is 9.58. The van der Waals surface area contributed by atoms with Crippen LogP contribution in [0.1, 0.15) is 25.7 Å². The van der Waals surface area contributed by atoms with Gasteiger partial charge in [0.15, 0.2) is 0 Å². The van der Waals surface area contributed by atoms with E-state index in [1.54, 1.807) is 7.05 Å². The lowest BCUT2D eigenvalue weighted by molar-refractivity contribution is -0.184. The van der Waals surface area contributed by atoms with Crippen LogP contribution in [0.2, 0.25) is 0 Å². The maximum absolute atomic E-state index is 11.8. The van der Waals surface area contributed by atoms with E-state index in [-0.39, 0.29) is 11.8 Å². The zero-order chi connectivity index (χ0) is 10.9. The Labute approximate surface area is 90.5 Å². The quantitative estimate of drug-likeness (QED) is 0.647. The summed E-state index contributed by atoms with van der Waals surface area (Å²) in [6.07, 6.45) is 4.27. The molecule has 0 unspecified atom stereocenters. The van der Waals surface area contributed by atoms with E-state index in [4.69, 9.17) is 9.57 Å². The van der Waals surface area contributed by atoms with Gasteiger partial charge in [-0.3, -0.25) is 9.63 Å². The maximum atomic E-state index is 11.8. The fourth-order valence-corrected chi connectivity index (χ4v) is 2.72. The summed E-state index contributed by atoms with van der Waals surface area (Å²) in [6, 6.07) is 0. The van der Waals surface area contributed by atoms with Gasteiger partial charge in [-0.2, -0.15) is 0 Å². The fraction of sp³-hybridized carbons (Fsp3) is 0.909. The van der Waals surface area contributed by atoms with E-state index >= 15 is 0 Å². The highest BCUT2D eigenvalue weighted by atomic mass is 16.7. The molecule has 0 N–H and O–H groups in total. The van der Waals surface area contributed by atoms with Crippen molar-refractivity contribution in [3.05, 3.63) is 0 Å². The third-order valence-corrected chi connectivity index (χ3v) is 3.85. The van der Waals surface area contributed by atoms with Gasteiger partial charge in [-0.05, 0) is 31.1 Å². The van der Waals surface area contributed by atoms with Crippen LogP contribution in [0.5, 0.6) is 0 Å². The standard InChI is InChI=1S/C11H19NO3/c1-12(14-2)10(13)9-7-11(8-9)3-5-15-6-4-11/h9H,3-8H2,1-2H3. The molecule has 0 aromatic rings. The van der Waals surface area contributed by atoms with Gasteiger partial charge in [0.05, 0.1) is 7.11 Å². The molecule has 1 amide bonds. The van der Waals surface area contributed by atoms with Gasteiger partial charge >= 0.3 is 0 Å². The lowest BCUT2D eigenvalue weighted by Crippen LogP contribution is -2.48. The predicted octanol–water partition coefficient (Wildman–Crippen LogP) is 1.21. The molecule has 1 spiro atoms. The van der Waals surface area contributed by atoms with E-state index in [9.17, 15) is 4.79 Å². The smallest absolute Gasteiger partial charge is 0.248 e. The van der Waals surface area contributed by atoms with Crippen molar-refractivity contribution in [2.75, 3.05) is 27.4 Å². The fourth-order valence-electron chi connectivity index (χ4n) is 2.72. The van der Waals surface area contributed by atoms with Crippen LogP contribution in [0.25, 0.3) is 0 Å². The summed E-state index contributed by atoms with van der Waals surface area (Å²) in [4.78, 5) is 16.7. The second-order valence-corrected chi connectivity index (χ2v) is 4.74. The molecule has 1 saturated heterocycles. The average molecular weight is 213 g/mol. The summed E-state index contributed by atoms with van der Waals surface area (Å²) in [7, 11) is 3.21. The molecular weight excluding hydrogens is 194 g/mol. The van der Waals surface area contributed by atoms with Crippen molar-refractivity contribution in [3.8, 4) is 0 Å². The minimum Gasteiger partial charge on any atom is -0.381 e. The molecule has 15 heavy (non-hydrogen) atoms. The highest BCUT2D eigenvalue weighted by molar-refractivity contribution is 5.78. The van der Waals surface area contributed by atoms with Crippen molar-refractivity contribution in [3.63, 3.8) is 0 Å². The molecule has 0 radical (unpaired) electrons. The topological polar surface area (TPSA) is 38.8 Å². The zero-order valence-corrected chi connectivity index (χ0v) is 9.49. The number of carbonyl (C=O) groups is 1. The summed E-state index contributed by atoms with van der Waals surface area (Å²) in [6.45, 7) is 1.72. The molecule has 4 heteroatoms. The van der Waals surface area contributed by atoms with Crippen molar-refractivity contribution in [2.24, 2.45) is 11.3 Å². The normalized spacial score (nSPS) is 24.9. The van der Waals surface area contributed by atoms with Crippen LogP contribution in [-0.4, -0.2) is 38.3 Å². The molecule has 0 aromatic heterocycles. The first-order valence-electron chi connectivity index (χ1n) is 5.56. The van der Waals surface area contributed by atoms with Crippen LogP contribution in [0.3, 0.4) is 0 Å². The first-order valence-corrected chi connectivity index (χ1v) is 5.56. The first-order chi connectivity index (χ1) is 7.17. The van der Waals surface area contributed by atoms with E-state index in [0.29, 0.717) is 5.41 Å². The van der Waals surface area contributed by atoms with E-state index in [1.165, 1.54) is 12.2 Å². The molecule has 0 bridgehead atoms. The molecule has 2 fully saturated rings. The predicted molar refractivity (Wildman–Crippen MR) is 55.0 cm³/mol. The number of carbonyl (C=O) groups excluding carboxylic acids is 1. The largest absolute Gasteiger partial charge is 0.381 e. The van der Waals surface area contributed by atoms with Gasteiger partial charge in [0.2, 0.25) is 5.91 Å². The number of hydroxylamine groups is 2. The molecule has 2 rings (SSSR count). The summed E-state index contributed by atoms with van der Waals surface area (Å²) in [5, 5.41) is 1.34. The number of rotatable bonds is 2. The van der Waals surface area contributed by atoms with Gasteiger partial charge in [0.1, 0.15) is 0 Å². The van der Waals surface area contributed by atoms with Gasteiger partial charge < -0.3 is 4.74 Å². The number of amides is 1. The SMILES string of the molecule is CON(C)C(=O)C1CC2(CCOCC2)C1. The number of hydrogen-bond acceptors (Lipinski definition) is 3. The number of hydrogen-bond donors (Lipinski definition) is 0. The average Bonchev–Trinajstić information content (AvgIpc) is 2.25. The van der Waals surface area contributed by atoms with E-state index in [0.717, 1.165) is 38.9 Å². The molecule has 1 saturated carbocycles. The molecule has 1 aliphatic carbocycles. The Hall–Kier alpha value is -0.610. The monoisotopic (exact) mass is 213 g/mol. The Balaban J connectivity index is 1.84. The highest BCUT2D eigenvalue weighted by Gasteiger charge is 2.48. The van der Waals surface area contributed by atoms with E-state index in [1.807, 2.05) is 0 Å². The van der Waals surface area contributed by atoms with Gasteiger partial charge in [0, 0.05) is 26.2 Å². The zero-order valence-electron chi connectivity index (χ0n) is 9.49. The Kier molecular flexibility index (Phi) is 2.98. The summed E-state index contributed by atoms with van der Waals surface area (Å²) < 4.78 is 5.34. The molecular formula is C11H19NO3. The second kappa shape index (κ2) is 4.10.